The number of halogens is 1. The summed E-state index contributed by atoms with van der Waals surface area (Å²) in [6.07, 6.45) is -0.689. The van der Waals surface area contributed by atoms with Crippen molar-refractivity contribution < 1.29 is 14.2 Å². The van der Waals surface area contributed by atoms with Gasteiger partial charge < -0.3 is 9.84 Å². The second-order valence-corrected chi connectivity index (χ2v) is 4.64. The first-order valence-electron chi connectivity index (χ1n) is 6.20. The molecule has 2 aromatic carbocycles. The fraction of sp³-hybridized carbons (Fsp3) is 0.250. The molecule has 2 nitrogen and oxygen atoms in total. The van der Waals surface area contributed by atoms with Gasteiger partial charge in [0.25, 0.3) is 0 Å². The highest BCUT2D eigenvalue weighted by Gasteiger charge is 2.11. The van der Waals surface area contributed by atoms with Crippen molar-refractivity contribution in [1.82, 2.24) is 0 Å². The summed E-state index contributed by atoms with van der Waals surface area (Å²) in [4.78, 5) is 0. The molecule has 19 heavy (non-hydrogen) atoms. The molecule has 0 amide bonds. The SMILES string of the molecule is Cc1ccc(C(O)COc2ccc(F)cc2)c(C)c1. The van der Waals surface area contributed by atoms with Crippen molar-refractivity contribution in [2.24, 2.45) is 0 Å². The van der Waals surface area contributed by atoms with Crippen LogP contribution in [0.3, 0.4) is 0 Å². The van der Waals surface area contributed by atoms with Crippen molar-refractivity contribution in [1.29, 1.82) is 0 Å². The average Bonchev–Trinajstić information content (AvgIpc) is 2.37. The van der Waals surface area contributed by atoms with Gasteiger partial charge in [-0.15, -0.1) is 0 Å². The number of hydrogen-bond acceptors (Lipinski definition) is 2. The Balaban J connectivity index is 2.01. The van der Waals surface area contributed by atoms with E-state index >= 15 is 0 Å². The maximum absolute atomic E-state index is 12.7. The smallest absolute Gasteiger partial charge is 0.123 e. The van der Waals surface area contributed by atoms with Crippen LogP contribution in [0.2, 0.25) is 0 Å². The molecule has 0 aliphatic rings. The molecule has 1 atom stereocenters. The third-order valence-corrected chi connectivity index (χ3v) is 3.01. The first kappa shape index (κ1) is 13.6. The van der Waals surface area contributed by atoms with Crippen molar-refractivity contribution in [3.8, 4) is 5.75 Å². The molecule has 0 heterocycles. The Bertz CT molecular complexity index is 549. The van der Waals surface area contributed by atoms with Gasteiger partial charge in [0.15, 0.2) is 0 Å². The lowest BCUT2D eigenvalue weighted by molar-refractivity contribution is 0.107. The number of aliphatic hydroxyl groups excluding tert-OH is 1. The first-order chi connectivity index (χ1) is 9.06. The number of aliphatic hydroxyl groups is 1. The lowest BCUT2D eigenvalue weighted by Crippen LogP contribution is -2.11. The normalized spacial score (nSPS) is 12.2. The summed E-state index contributed by atoms with van der Waals surface area (Å²) >= 11 is 0. The molecule has 100 valence electrons. The first-order valence-corrected chi connectivity index (χ1v) is 6.20. The largest absolute Gasteiger partial charge is 0.491 e. The minimum Gasteiger partial charge on any atom is -0.491 e. The van der Waals surface area contributed by atoms with E-state index in [2.05, 4.69) is 0 Å². The van der Waals surface area contributed by atoms with Crippen LogP contribution >= 0.6 is 0 Å². The Kier molecular flexibility index (Phi) is 4.17. The predicted octanol–water partition coefficient (Wildman–Crippen LogP) is 3.55. The van der Waals surface area contributed by atoms with E-state index in [-0.39, 0.29) is 12.4 Å². The summed E-state index contributed by atoms with van der Waals surface area (Å²) in [5, 5.41) is 10.1. The fourth-order valence-electron chi connectivity index (χ4n) is 2.00. The number of aryl methyl sites for hydroxylation is 2. The average molecular weight is 260 g/mol. The molecule has 0 aliphatic carbocycles. The summed E-state index contributed by atoms with van der Waals surface area (Å²) in [6, 6.07) is 11.6. The summed E-state index contributed by atoms with van der Waals surface area (Å²) in [7, 11) is 0. The van der Waals surface area contributed by atoms with Crippen molar-refractivity contribution in [3.05, 3.63) is 65.0 Å². The minimum absolute atomic E-state index is 0.148. The molecule has 0 saturated carbocycles. The van der Waals surface area contributed by atoms with Crippen LogP contribution in [-0.4, -0.2) is 11.7 Å². The van der Waals surface area contributed by atoms with Gasteiger partial charge in [-0.05, 0) is 49.2 Å². The van der Waals surface area contributed by atoms with Crippen LogP contribution in [-0.2, 0) is 0 Å². The molecule has 2 aromatic rings. The number of rotatable bonds is 4. The zero-order valence-electron chi connectivity index (χ0n) is 11.1. The van der Waals surface area contributed by atoms with E-state index in [1.807, 2.05) is 32.0 Å². The van der Waals surface area contributed by atoms with Crippen LogP contribution in [0, 0.1) is 19.7 Å². The van der Waals surface area contributed by atoms with Crippen molar-refractivity contribution in [2.75, 3.05) is 6.61 Å². The number of hydrogen-bond donors (Lipinski definition) is 1. The van der Waals surface area contributed by atoms with Crippen molar-refractivity contribution in [3.63, 3.8) is 0 Å². The monoisotopic (exact) mass is 260 g/mol. The van der Waals surface area contributed by atoms with E-state index in [0.29, 0.717) is 5.75 Å². The predicted molar refractivity (Wildman–Crippen MR) is 72.8 cm³/mol. The van der Waals surface area contributed by atoms with E-state index in [0.717, 1.165) is 16.7 Å². The molecule has 1 N–H and O–H groups in total. The van der Waals surface area contributed by atoms with Crippen LogP contribution in [0.4, 0.5) is 4.39 Å². The van der Waals surface area contributed by atoms with E-state index in [4.69, 9.17) is 4.74 Å². The summed E-state index contributed by atoms with van der Waals surface area (Å²) in [5.41, 5.74) is 3.05. The van der Waals surface area contributed by atoms with Gasteiger partial charge in [0.1, 0.15) is 24.3 Å². The minimum atomic E-state index is -0.689. The van der Waals surface area contributed by atoms with E-state index in [9.17, 15) is 9.50 Å². The Labute approximate surface area is 112 Å². The summed E-state index contributed by atoms with van der Waals surface area (Å²) < 4.78 is 18.2. The van der Waals surface area contributed by atoms with Gasteiger partial charge in [-0.1, -0.05) is 23.8 Å². The summed E-state index contributed by atoms with van der Waals surface area (Å²) in [5.74, 6) is 0.243. The Hall–Kier alpha value is -1.87. The van der Waals surface area contributed by atoms with Crippen LogP contribution in [0.15, 0.2) is 42.5 Å². The van der Waals surface area contributed by atoms with Gasteiger partial charge >= 0.3 is 0 Å². The van der Waals surface area contributed by atoms with Gasteiger partial charge in [0.05, 0.1) is 0 Å². The zero-order valence-corrected chi connectivity index (χ0v) is 11.1. The molecular formula is C16H17FO2. The molecule has 0 spiro atoms. The molecule has 1 unspecified atom stereocenters. The van der Waals surface area contributed by atoms with Crippen LogP contribution < -0.4 is 4.74 Å². The second kappa shape index (κ2) is 5.85. The Morgan fingerprint density at radius 3 is 2.42 bits per heavy atom. The van der Waals surface area contributed by atoms with E-state index in [1.165, 1.54) is 12.1 Å². The molecular weight excluding hydrogens is 243 g/mol. The molecule has 0 fully saturated rings. The molecule has 0 radical (unpaired) electrons. The van der Waals surface area contributed by atoms with Crippen LogP contribution in [0.25, 0.3) is 0 Å². The topological polar surface area (TPSA) is 29.5 Å². The van der Waals surface area contributed by atoms with Crippen molar-refractivity contribution >= 4 is 0 Å². The van der Waals surface area contributed by atoms with Gasteiger partial charge in [-0.25, -0.2) is 4.39 Å². The highest BCUT2D eigenvalue weighted by atomic mass is 19.1. The zero-order chi connectivity index (χ0) is 13.8. The number of ether oxygens (including phenoxy) is 1. The van der Waals surface area contributed by atoms with Crippen molar-refractivity contribution in [2.45, 2.75) is 20.0 Å². The lowest BCUT2D eigenvalue weighted by atomic mass is 10.0. The Morgan fingerprint density at radius 2 is 1.79 bits per heavy atom. The van der Waals surface area contributed by atoms with Gasteiger partial charge in [0, 0.05) is 0 Å². The standard InChI is InChI=1S/C16H17FO2/c1-11-3-8-15(12(2)9-11)16(18)10-19-14-6-4-13(17)5-7-14/h3-9,16,18H,10H2,1-2H3. The lowest BCUT2D eigenvalue weighted by Gasteiger charge is -2.15. The third-order valence-electron chi connectivity index (χ3n) is 3.01. The van der Waals surface area contributed by atoms with E-state index < -0.39 is 6.10 Å². The number of benzene rings is 2. The third kappa shape index (κ3) is 3.55. The molecule has 2 rings (SSSR count). The summed E-state index contributed by atoms with van der Waals surface area (Å²) in [6.45, 7) is 4.12. The molecule has 0 aromatic heterocycles. The fourth-order valence-corrected chi connectivity index (χ4v) is 2.00. The van der Waals surface area contributed by atoms with Crippen LogP contribution in [0.5, 0.6) is 5.75 Å². The highest BCUT2D eigenvalue weighted by Crippen LogP contribution is 2.20. The highest BCUT2D eigenvalue weighted by molar-refractivity contribution is 5.32. The molecule has 3 heteroatoms. The van der Waals surface area contributed by atoms with Gasteiger partial charge in [-0.2, -0.15) is 0 Å². The quantitative estimate of drug-likeness (QED) is 0.910. The Morgan fingerprint density at radius 1 is 1.11 bits per heavy atom. The van der Waals surface area contributed by atoms with Gasteiger partial charge in [0.2, 0.25) is 0 Å². The maximum atomic E-state index is 12.7. The van der Waals surface area contributed by atoms with E-state index in [1.54, 1.807) is 12.1 Å². The van der Waals surface area contributed by atoms with Gasteiger partial charge in [-0.3, -0.25) is 0 Å². The maximum Gasteiger partial charge on any atom is 0.123 e. The molecule has 0 aliphatic heterocycles. The molecule has 0 bridgehead atoms. The van der Waals surface area contributed by atoms with Crippen LogP contribution in [0.1, 0.15) is 22.8 Å². The molecule has 0 saturated heterocycles. The second-order valence-electron chi connectivity index (χ2n) is 4.64.